The Kier molecular flexibility index (Phi) is 5.81. The molecular weight excluding hydrogens is 400 g/mol. The highest BCUT2D eigenvalue weighted by Gasteiger charge is 2.34. The minimum absolute atomic E-state index is 0.00886. The highest BCUT2D eigenvalue weighted by molar-refractivity contribution is 5.82. The van der Waals surface area contributed by atoms with Crippen molar-refractivity contribution in [2.75, 3.05) is 13.1 Å². The molecule has 1 amide bonds. The van der Waals surface area contributed by atoms with Gasteiger partial charge in [0.1, 0.15) is 0 Å². The van der Waals surface area contributed by atoms with Crippen LogP contribution in [0.4, 0.5) is 0 Å². The maximum Gasteiger partial charge on any atom is 0.239 e. The van der Waals surface area contributed by atoms with Crippen molar-refractivity contribution in [1.82, 2.24) is 14.5 Å². The van der Waals surface area contributed by atoms with Gasteiger partial charge in [-0.3, -0.25) is 4.79 Å². The van der Waals surface area contributed by atoms with E-state index in [1.807, 2.05) is 53.8 Å². The van der Waals surface area contributed by atoms with Crippen LogP contribution in [0, 0.1) is 5.92 Å². The number of aliphatic hydroxyl groups excluding tert-OH is 1. The van der Waals surface area contributed by atoms with Gasteiger partial charge in [0.05, 0.1) is 36.4 Å². The first-order valence-corrected chi connectivity index (χ1v) is 11.5. The molecule has 0 radical (unpaired) electrons. The van der Waals surface area contributed by atoms with Gasteiger partial charge in [-0.15, -0.1) is 0 Å². The molecule has 0 bridgehead atoms. The van der Waals surface area contributed by atoms with Gasteiger partial charge in [0.15, 0.2) is 0 Å². The van der Waals surface area contributed by atoms with Crippen LogP contribution in [-0.2, 0) is 11.2 Å². The Hall–Kier alpha value is -2.96. The number of piperidine rings is 1. The molecule has 0 aliphatic carbocycles. The Labute approximate surface area is 188 Å². The Balaban J connectivity index is 1.18. The average Bonchev–Trinajstić information content (AvgIpc) is 3.42. The molecule has 2 aliphatic heterocycles. The highest BCUT2D eigenvalue weighted by atomic mass is 16.3. The van der Waals surface area contributed by atoms with Crippen molar-refractivity contribution >= 4 is 5.91 Å². The molecule has 5 rings (SSSR count). The van der Waals surface area contributed by atoms with Gasteiger partial charge in [0.25, 0.3) is 0 Å². The Morgan fingerprint density at radius 3 is 2.59 bits per heavy atom. The van der Waals surface area contributed by atoms with Gasteiger partial charge in [0.2, 0.25) is 5.91 Å². The van der Waals surface area contributed by atoms with E-state index in [1.165, 1.54) is 11.1 Å². The van der Waals surface area contributed by atoms with Gasteiger partial charge in [-0.25, -0.2) is 4.98 Å². The van der Waals surface area contributed by atoms with E-state index >= 15 is 0 Å². The molecule has 3 heterocycles. The molecule has 2 aromatic carbocycles. The topological polar surface area (TPSA) is 84.4 Å². The molecule has 3 aromatic rings. The van der Waals surface area contributed by atoms with Gasteiger partial charge in [0, 0.05) is 18.7 Å². The van der Waals surface area contributed by atoms with Gasteiger partial charge < -0.3 is 20.3 Å². The molecule has 166 valence electrons. The molecule has 0 saturated carbocycles. The molecule has 6 nitrogen and oxygen atoms in total. The number of hydrogen-bond donors (Lipinski definition) is 2. The predicted octanol–water partition coefficient (Wildman–Crippen LogP) is 3.01. The molecule has 2 unspecified atom stereocenters. The standard InChI is InChI=1S/C26H30N4O2/c27-22(14-18-6-2-1-3-7-18)26(32)29-12-10-19(11-13-29)25(31)15-23-20-8-4-5-9-21(20)24-16-28-17-30(23)24/h1-9,16-17,19,22-23,25,31H,10-15,27H2/t22-,23?,25?/m1/s1. The maximum atomic E-state index is 12.8. The number of aromatic nitrogens is 2. The summed E-state index contributed by atoms with van der Waals surface area (Å²) in [4.78, 5) is 19.0. The molecule has 32 heavy (non-hydrogen) atoms. The van der Waals surface area contributed by atoms with E-state index in [9.17, 15) is 9.90 Å². The predicted molar refractivity (Wildman–Crippen MR) is 124 cm³/mol. The second-order valence-electron chi connectivity index (χ2n) is 9.05. The second-order valence-corrected chi connectivity index (χ2v) is 9.05. The number of rotatable bonds is 6. The van der Waals surface area contributed by atoms with Gasteiger partial charge >= 0.3 is 0 Å². The summed E-state index contributed by atoms with van der Waals surface area (Å²) >= 11 is 0. The summed E-state index contributed by atoms with van der Waals surface area (Å²) in [5.74, 6) is 0.193. The van der Waals surface area contributed by atoms with Crippen molar-refractivity contribution in [2.24, 2.45) is 11.7 Å². The first kappa shape index (κ1) is 20.9. The summed E-state index contributed by atoms with van der Waals surface area (Å²) in [6.45, 7) is 1.31. The van der Waals surface area contributed by atoms with Crippen molar-refractivity contribution in [3.05, 3.63) is 78.2 Å². The van der Waals surface area contributed by atoms with Gasteiger partial charge in [-0.05, 0) is 42.7 Å². The van der Waals surface area contributed by atoms with Crippen molar-refractivity contribution in [2.45, 2.75) is 43.9 Å². The third-order valence-electron chi connectivity index (χ3n) is 7.07. The van der Waals surface area contributed by atoms with Crippen LogP contribution in [0.3, 0.4) is 0 Å². The van der Waals surface area contributed by atoms with Gasteiger partial charge in [-0.1, -0.05) is 54.6 Å². The molecular formula is C26H30N4O2. The largest absolute Gasteiger partial charge is 0.393 e. The van der Waals surface area contributed by atoms with E-state index in [2.05, 4.69) is 27.8 Å². The first-order valence-electron chi connectivity index (χ1n) is 11.5. The van der Waals surface area contributed by atoms with E-state index in [4.69, 9.17) is 5.73 Å². The van der Waals surface area contributed by atoms with Crippen LogP contribution in [0.1, 0.15) is 36.4 Å². The number of aliphatic hydroxyl groups is 1. The van der Waals surface area contributed by atoms with Crippen LogP contribution < -0.4 is 5.73 Å². The zero-order valence-corrected chi connectivity index (χ0v) is 18.2. The lowest BCUT2D eigenvalue weighted by Crippen LogP contribution is -2.49. The number of carbonyl (C=O) groups is 1. The summed E-state index contributed by atoms with van der Waals surface area (Å²) in [7, 11) is 0. The number of nitrogens with zero attached hydrogens (tertiary/aromatic N) is 3. The van der Waals surface area contributed by atoms with Crippen molar-refractivity contribution in [3.63, 3.8) is 0 Å². The molecule has 1 fully saturated rings. The van der Waals surface area contributed by atoms with Crippen molar-refractivity contribution in [1.29, 1.82) is 0 Å². The molecule has 1 saturated heterocycles. The van der Waals surface area contributed by atoms with Gasteiger partial charge in [-0.2, -0.15) is 0 Å². The number of likely N-dealkylation sites (tertiary alicyclic amines) is 1. The quantitative estimate of drug-likeness (QED) is 0.630. The summed E-state index contributed by atoms with van der Waals surface area (Å²) < 4.78 is 2.18. The third kappa shape index (κ3) is 3.96. The minimum Gasteiger partial charge on any atom is -0.393 e. The normalized spacial score (nSPS) is 19.9. The fourth-order valence-corrected chi connectivity index (χ4v) is 5.29. The number of hydrogen-bond acceptors (Lipinski definition) is 4. The molecule has 3 atom stereocenters. The van der Waals surface area contributed by atoms with Crippen LogP contribution in [0.5, 0.6) is 0 Å². The minimum atomic E-state index is -0.520. The second kappa shape index (κ2) is 8.88. The summed E-state index contributed by atoms with van der Waals surface area (Å²) in [5.41, 5.74) is 10.9. The van der Waals surface area contributed by atoms with E-state index in [-0.39, 0.29) is 17.9 Å². The molecule has 3 N–H and O–H groups in total. The van der Waals surface area contributed by atoms with E-state index in [0.29, 0.717) is 25.9 Å². The summed E-state index contributed by atoms with van der Waals surface area (Å²) in [6, 6.07) is 17.9. The maximum absolute atomic E-state index is 12.8. The van der Waals surface area contributed by atoms with E-state index < -0.39 is 12.1 Å². The number of benzene rings is 2. The lowest BCUT2D eigenvalue weighted by atomic mass is 9.86. The van der Waals surface area contributed by atoms with E-state index in [1.54, 1.807) is 0 Å². The number of carbonyl (C=O) groups excluding carboxylic acids is 1. The van der Waals surface area contributed by atoms with Crippen LogP contribution in [0.25, 0.3) is 11.3 Å². The highest BCUT2D eigenvalue weighted by Crippen LogP contribution is 2.42. The SMILES string of the molecule is N[C@H](Cc1ccccc1)C(=O)N1CCC(C(O)CC2c3ccccc3-c3cncn32)CC1. The Morgan fingerprint density at radius 1 is 1.09 bits per heavy atom. The lowest BCUT2D eigenvalue weighted by Gasteiger charge is -2.36. The molecule has 6 heteroatoms. The van der Waals surface area contributed by atoms with Crippen molar-refractivity contribution < 1.29 is 9.90 Å². The van der Waals surface area contributed by atoms with Crippen molar-refractivity contribution in [3.8, 4) is 11.3 Å². The fourth-order valence-electron chi connectivity index (χ4n) is 5.29. The van der Waals surface area contributed by atoms with Crippen LogP contribution in [0.2, 0.25) is 0 Å². The number of amides is 1. The van der Waals surface area contributed by atoms with Crippen LogP contribution in [0.15, 0.2) is 67.1 Å². The summed E-state index contributed by atoms with van der Waals surface area (Å²) in [6.07, 6.45) is 6.16. The number of fused-ring (bicyclic) bond motifs is 3. The first-order chi connectivity index (χ1) is 15.6. The molecule has 0 spiro atoms. The smallest absolute Gasteiger partial charge is 0.239 e. The molecule has 1 aromatic heterocycles. The van der Waals surface area contributed by atoms with Crippen LogP contribution >= 0.6 is 0 Å². The average molecular weight is 431 g/mol. The number of nitrogens with two attached hydrogens (primary N) is 1. The number of imidazole rings is 1. The monoisotopic (exact) mass is 430 g/mol. The Morgan fingerprint density at radius 2 is 1.81 bits per heavy atom. The van der Waals surface area contributed by atoms with E-state index in [0.717, 1.165) is 24.1 Å². The zero-order valence-electron chi connectivity index (χ0n) is 18.2. The lowest BCUT2D eigenvalue weighted by molar-refractivity contribution is -0.134. The Bertz CT molecular complexity index is 1070. The molecule has 2 aliphatic rings. The fraction of sp³-hybridized carbons (Fsp3) is 0.385. The van der Waals surface area contributed by atoms with Crippen LogP contribution in [-0.4, -0.2) is 50.7 Å². The summed E-state index contributed by atoms with van der Waals surface area (Å²) in [5, 5.41) is 11.1. The third-order valence-corrected chi connectivity index (χ3v) is 7.07. The zero-order chi connectivity index (χ0) is 22.1.